The molecule has 2 amide bonds. The fourth-order valence-electron chi connectivity index (χ4n) is 1.94. The van der Waals surface area contributed by atoms with Crippen LogP contribution < -0.4 is 16.4 Å². The third-order valence-electron chi connectivity index (χ3n) is 3.05. The molecule has 0 aliphatic carbocycles. The predicted octanol–water partition coefficient (Wildman–Crippen LogP) is 2.52. The van der Waals surface area contributed by atoms with Crippen LogP contribution in [-0.2, 0) is 4.79 Å². The van der Waals surface area contributed by atoms with Crippen molar-refractivity contribution >= 4 is 23.2 Å². The number of anilines is 2. The van der Waals surface area contributed by atoms with Crippen LogP contribution in [0.3, 0.4) is 0 Å². The Bertz CT molecular complexity index is 651. The van der Waals surface area contributed by atoms with E-state index in [9.17, 15) is 9.59 Å². The second-order valence-corrected chi connectivity index (χ2v) is 4.92. The molecule has 0 radical (unpaired) electrons. The maximum atomic E-state index is 12.0. The molecule has 4 N–H and O–H groups in total. The topological polar surface area (TPSA) is 97.4 Å². The number of aryl methyl sites for hydroxylation is 1. The van der Waals surface area contributed by atoms with Crippen molar-refractivity contribution in [2.75, 3.05) is 17.2 Å². The smallest absolute Gasteiger partial charge is 0.291 e. The van der Waals surface area contributed by atoms with E-state index in [1.807, 2.05) is 13.0 Å². The molecule has 0 aliphatic heterocycles. The molecular formula is C16H19N3O3. The van der Waals surface area contributed by atoms with Crippen LogP contribution >= 0.6 is 0 Å². The average Bonchev–Trinajstić information content (AvgIpc) is 3.02. The number of hydrogen-bond acceptors (Lipinski definition) is 4. The summed E-state index contributed by atoms with van der Waals surface area (Å²) in [4.78, 5) is 23.9. The molecule has 6 heteroatoms. The minimum atomic E-state index is -0.369. The number of carbonyl (C=O) groups excluding carboxylic acids is 2. The number of furan rings is 1. The van der Waals surface area contributed by atoms with Crippen LogP contribution in [0.1, 0.15) is 29.0 Å². The molecule has 0 saturated carbocycles. The van der Waals surface area contributed by atoms with E-state index in [1.165, 1.54) is 6.26 Å². The minimum absolute atomic E-state index is 0.135. The van der Waals surface area contributed by atoms with Gasteiger partial charge in [0.2, 0.25) is 5.91 Å². The first-order chi connectivity index (χ1) is 10.6. The van der Waals surface area contributed by atoms with Gasteiger partial charge in [0, 0.05) is 6.42 Å². The highest BCUT2D eigenvalue weighted by atomic mass is 16.3. The van der Waals surface area contributed by atoms with Gasteiger partial charge in [0.15, 0.2) is 5.76 Å². The summed E-state index contributed by atoms with van der Waals surface area (Å²) in [5, 5.41) is 5.53. The molecule has 1 aromatic heterocycles. The lowest BCUT2D eigenvalue weighted by Crippen LogP contribution is -2.17. The Morgan fingerprint density at radius 3 is 2.68 bits per heavy atom. The Morgan fingerprint density at radius 1 is 1.18 bits per heavy atom. The van der Waals surface area contributed by atoms with Gasteiger partial charge in [-0.1, -0.05) is 6.07 Å². The molecule has 0 spiro atoms. The van der Waals surface area contributed by atoms with Crippen molar-refractivity contribution in [2.24, 2.45) is 5.73 Å². The van der Waals surface area contributed by atoms with E-state index < -0.39 is 0 Å². The SMILES string of the molecule is Cc1ccc(NC(=O)c2ccco2)c(NC(=O)CCCN)c1. The normalized spacial score (nSPS) is 10.3. The van der Waals surface area contributed by atoms with Crippen LogP contribution in [0.4, 0.5) is 11.4 Å². The first-order valence-electron chi connectivity index (χ1n) is 7.05. The molecule has 1 heterocycles. The quantitative estimate of drug-likeness (QED) is 0.763. The Morgan fingerprint density at radius 2 is 2.00 bits per heavy atom. The summed E-state index contributed by atoms with van der Waals surface area (Å²) in [6.45, 7) is 2.37. The summed E-state index contributed by atoms with van der Waals surface area (Å²) < 4.78 is 5.05. The number of amides is 2. The number of benzene rings is 1. The predicted molar refractivity (Wildman–Crippen MR) is 84.8 cm³/mol. The molecule has 2 rings (SSSR count). The van der Waals surface area contributed by atoms with Crippen molar-refractivity contribution in [2.45, 2.75) is 19.8 Å². The lowest BCUT2D eigenvalue weighted by Gasteiger charge is -2.12. The molecule has 22 heavy (non-hydrogen) atoms. The lowest BCUT2D eigenvalue weighted by molar-refractivity contribution is -0.116. The van der Waals surface area contributed by atoms with Crippen molar-refractivity contribution in [1.82, 2.24) is 0 Å². The Hall–Kier alpha value is -2.60. The molecule has 0 atom stereocenters. The number of nitrogens with two attached hydrogens (primary N) is 1. The molecule has 0 saturated heterocycles. The van der Waals surface area contributed by atoms with E-state index in [0.717, 1.165) is 5.56 Å². The molecule has 6 nitrogen and oxygen atoms in total. The number of rotatable bonds is 6. The number of nitrogens with one attached hydrogen (secondary N) is 2. The zero-order valence-electron chi connectivity index (χ0n) is 12.4. The summed E-state index contributed by atoms with van der Waals surface area (Å²) >= 11 is 0. The maximum absolute atomic E-state index is 12.0. The van der Waals surface area contributed by atoms with Crippen molar-refractivity contribution in [1.29, 1.82) is 0 Å². The van der Waals surface area contributed by atoms with Crippen LogP contribution in [-0.4, -0.2) is 18.4 Å². The van der Waals surface area contributed by atoms with E-state index in [2.05, 4.69) is 10.6 Å². The zero-order chi connectivity index (χ0) is 15.9. The summed E-state index contributed by atoms with van der Waals surface area (Å²) in [5.74, 6) is -0.295. The van der Waals surface area contributed by atoms with Crippen LogP contribution in [0.25, 0.3) is 0 Å². The lowest BCUT2D eigenvalue weighted by atomic mass is 10.1. The highest BCUT2D eigenvalue weighted by molar-refractivity contribution is 6.05. The van der Waals surface area contributed by atoms with Gasteiger partial charge in [-0.25, -0.2) is 0 Å². The van der Waals surface area contributed by atoms with Crippen LogP contribution in [0, 0.1) is 6.92 Å². The first kappa shape index (κ1) is 15.8. The second-order valence-electron chi connectivity index (χ2n) is 4.92. The molecule has 116 valence electrons. The van der Waals surface area contributed by atoms with E-state index >= 15 is 0 Å². The van der Waals surface area contributed by atoms with Gasteiger partial charge in [-0.15, -0.1) is 0 Å². The maximum Gasteiger partial charge on any atom is 0.291 e. The Kier molecular flexibility index (Phi) is 5.32. The monoisotopic (exact) mass is 301 g/mol. The molecule has 0 fully saturated rings. The van der Waals surface area contributed by atoms with Crippen LogP contribution in [0.2, 0.25) is 0 Å². The number of carbonyl (C=O) groups is 2. The third-order valence-corrected chi connectivity index (χ3v) is 3.05. The van der Waals surface area contributed by atoms with Gasteiger partial charge in [-0.2, -0.15) is 0 Å². The van der Waals surface area contributed by atoms with Crippen LogP contribution in [0.5, 0.6) is 0 Å². The van der Waals surface area contributed by atoms with E-state index in [4.69, 9.17) is 10.2 Å². The van der Waals surface area contributed by atoms with Crippen molar-refractivity contribution in [3.05, 3.63) is 47.9 Å². The summed E-state index contributed by atoms with van der Waals surface area (Å²) in [6, 6.07) is 8.61. The van der Waals surface area contributed by atoms with Gasteiger partial charge in [-0.05, 0) is 49.7 Å². The van der Waals surface area contributed by atoms with Gasteiger partial charge < -0.3 is 20.8 Å². The van der Waals surface area contributed by atoms with Gasteiger partial charge in [0.05, 0.1) is 17.6 Å². The van der Waals surface area contributed by atoms with E-state index in [1.54, 1.807) is 24.3 Å². The molecule has 0 aliphatic rings. The standard InChI is InChI=1S/C16H19N3O3/c1-11-6-7-12(19-16(21)14-4-3-9-22-14)13(10-11)18-15(20)5-2-8-17/h3-4,6-7,9-10H,2,5,8,17H2,1H3,(H,18,20)(H,19,21). The molecule has 2 aromatic rings. The summed E-state index contributed by atoms with van der Waals surface area (Å²) in [5.41, 5.74) is 7.45. The summed E-state index contributed by atoms with van der Waals surface area (Å²) in [7, 11) is 0. The third kappa shape index (κ3) is 4.20. The van der Waals surface area contributed by atoms with Crippen molar-refractivity contribution in [3.63, 3.8) is 0 Å². The van der Waals surface area contributed by atoms with Crippen molar-refractivity contribution < 1.29 is 14.0 Å². The largest absolute Gasteiger partial charge is 0.459 e. The Labute approximate surface area is 128 Å². The van der Waals surface area contributed by atoms with E-state index in [-0.39, 0.29) is 17.6 Å². The fourth-order valence-corrected chi connectivity index (χ4v) is 1.94. The van der Waals surface area contributed by atoms with Gasteiger partial charge in [0.1, 0.15) is 0 Å². The van der Waals surface area contributed by atoms with Gasteiger partial charge in [0.25, 0.3) is 5.91 Å². The van der Waals surface area contributed by atoms with Gasteiger partial charge in [-0.3, -0.25) is 9.59 Å². The fraction of sp³-hybridized carbons (Fsp3) is 0.250. The Balaban J connectivity index is 2.13. The van der Waals surface area contributed by atoms with E-state index in [0.29, 0.717) is 30.8 Å². The molecule has 0 unspecified atom stereocenters. The highest BCUT2D eigenvalue weighted by Crippen LogP contribution is 2.24. The molecule has 1 aromatic carbocycles. The number of hydrogen-bond donors (Lipinski definition) is 3. The van der Waals surface area contributed by atoms with Gasteiger partial charge >= 0.3 is 0 Å². The zero-order valence-corrected chi connectivity index (χ0v) is 12.4. The second kappa shape index (κ2) is 7.42. The van der Waals surface area contributed by atoms with Crippen LogP contribution in [0.15, 0.2) is 41.0 Å². The highest BCUT2D eigenvalue weighted by Gasteiger charge is 2.13. The average molecular weight is 301 g/mol. The summed E-state index contributed by atoms with van der Waals surface area (Å²) in [6.07, 6.45) is 2.39. The molecule has 0 bridgehead atoms. The minimum Gasteiger partial charge on any atom is -0.459 e. The molecular weight excluding hydrogens is 282 g/mol. The van der Waals surface area contributed by atoms with Crippen molar-refractivity contribution in [3.8, 4) is 0 Å². The first-order valence-corrected chi connectivity index (χ1v) is 7.05.